The molecule has 0 bridgehead atoms. The number of halogens is 1. The number of rotatable bonds is 4. The fourth-order valence-corrected chi connectivity index (χ4v) is 3.19. The number of carbonyl (C=O) groups is 1. The Morgan fingerprint density at radius 1 is 1.48 bits per heavy atom. The van der Waals surface area contributed by atoms with Gasteiger partial charge in [-0.3, -0.25) is 4.79 Å². The van der Waals surface area contributed by atoms with Gasteiger partial charge in [-0.2, -0.15) is 0 Å². The van der Waals surface area contributed by atoms with Crippen molar-refractivity contribution in [2.24, 2.45) is 10.9 Å². The Balaban J connectivity index is 2.04. The molecule has 0 saturated carbocycles. The fraction of sp³-hybridized carbons (Fsp3) is 0.143. The van der Waals surface area contributed by atoms with Crippen LogP contribution >= 0.6 is 27.3 Å². The zero-order valence-electron chi connectivity index (χ0n) is 11.3. The summed E-state index contributed by atoms with van der Waals surface area (Å²) in [4.78, 5) is 12.7. The summed E-state index contributed by atoms with van der Waals surface area (Å²) in [7, 11) is 0. The Bertz CT molecular complexity index is 678. The highest BCUT2D eigenvalue weighted by Gasteiger charge is 2.11. The molecule has 5 nitrogen and oxygen atoms in total. The molecule has 4 N–H and O–H groups in total. The Labute approximate surface area is 134 Å². The lowest BCUT2D eigenvalue weighted by Crippen LogP contribution is -2.22. The average molecular weight is 368 g/mol. The van der Waals surface area contributed by atoms with Crippen LogP contribution in [0.3, 0.4) is 0 Å². The molecule has 1 heterocycles. The second-order valence-corrected chi connectivity index (χ2v) is 6.81. The summed E-state index contributed by atoms with van der Waals surface area (Å²) < 4.78 is 0.960. The van der Waals surface area contributed by atoms with Crippen LogP contribution in [-0.4, -0.2) is 17.0 Å². The van der Waals surface area contributed by atoms with Crippen molar-refractivity contribution in [1.29, 1.82) is 0 Å². The van der Waals surface area contributed by atoms with Gasteiger partial charge in [-0.15, -0.1) is 11.3 Å². The van der Waals surface area contributed by atoms with E-state index in [0.717, 1.165) is 14.9 Å². The molecule has 0 atom stereocenters. The normalized spacial score (nSPS) is 11.4. The predicted octanol–water partition coefficient (Wildman–Crippen LogP) is 2.84. The average Bonchev–Trinajstić information content (AvgIpc) is 2.84. The lowest BCUT2D eigenvalue weighted by Gasteiger charge is -2.06. The maximum atomic E-state index is 12.0. The highest BCUT2D eigenvalue weighted by molar-refractivity contribution is 9.11. The lowest BCUT2D eigenvalue weighted by molar-refractivity contribution is 0.0955. The molecule has 7 heteroatoms. The van der Waals surface area contributed by atoms with Gasteiger partial charge < -0.3 is 16.3 Å². The number of oxime groups is 1. The molecular formula is C14H14BrN3O2S. The van der Waals surface area contributed by atoms with Crippen LogP contribution in [0.15, 0.2) is 39.3 Å². The van der Waals surface area contributed by atoms with Crippen LogP contribution in [0.1, 0.15) is 26.4 Å². The highest BCUT2D eigenvalue weighted by Crippen LogP contribution is 2.27. The summed E-state index contributed by atoms with van der Waals surface area (Å²) in [6.07, 6.45) is 0. The highest BCUT2D eigenvalue weighted by atomic mass is 79.9. The predicted molar refractivity (Wildman–Crippen MR) is 86.9 cm³/mol. The van der Waals surface area contributed by atoms with Crippen molar-refractivity contribution in [3.05, 3.63) is 55.7 Å². The molecule has 0 unspecified atom stereocenters. The standard InChI is InChI=1S/C14H14BrN3O2S/c1-8-5-11(21-12(8)15)14(19)17-7-9-3-2-4-10(6-9)13(16)18-20/h2-6,20H,7H2,1H3,(H2,16,18)(H,17,19). The molecule has 2 rings (SSSR count). The molecule has 0 saturated heterocycles. The molecule has 21 heavy (non-hydrogen) atoms. The minimum absolute atomic E-state index is 0.0426. The molecule has 2 aromatic rings. The number of carbonyl (C=O) groups excluding carboxylic acids is 1. The van der Waals surface area contributed by atoms with E-state index >= 15 is 0 Å². The van der Waals surface area contributed by atoms with E-state index in [-0.39, 0.29) is 11.7 Å². The van der Waals surface area contributed by atoms with Gasteiger partial charge in [0.15, 0.2) is 5.84 Å². The summed E-state index contributed by atoms with van der Waals surface area (Å²) in [5.41, 5.74) is 8.06. The number of nitrogens with zero attached hydrogens (tertiary/aromatic N) is 1. The molecule has 0 radical (unpaired) electrons. The molecule has 1 aromatic heterocycles. The van der Waals surface area contributed by atoms with E-state index in [1.807, 2.05) is 19.1 Å². The first-order valence-electron chi connectivity index (χ1n) is 6.12. The van der Waals surface area contributed by atoms with Crippen molar-refractivity contribution >= 4 is 39.0 Å². The van der Waals surface area contributed by atoms with Crippen molar-refractivity contribution in [3.63, 3.8) is 0 Å². The number of hydrogen-bond acceptors (Lipinski definition) is 4. The Morgan fingerprint density at radius 3 is 2.86 bits per heavy atom. The topological polar surface area (TPSA) is 87.7 Å². The number of hydrogen-bond donors (Lipinski definition) is 3. The number of aryl methyl sites for hydroxylation is 1. The maximum Gasteiger partial charge on any atom is 0.261 e. The Kier molecular flexibility index (Phi) is 4.98. The van der Waals surface area contributed by atoms with E-state index < -0.39 is 0 Å². The van der Waals surface area contributed by atoms with Gasteiger partial charge in [-0.25, -0.2) is 0 Å². The molecule has 0 aliphatic carbocycles. The summed E-state index contributed by atoms with van der Waals surface area (Å²) in [6.45, 7) is 2.32. The Morgan fingerprint density at radius 2 is 2.24 bits per heavy atom. The van der Waals surface area contributed by atoms with Crippen molar-refractivity contribution in [2.45, 2.75) is 13.5 Å². The van der Waals surface area contributed by atoms with Gasteiger partial charge in [0.1, 0.15) is 0 Å². The fourth-order valence-electron chi connectivity index (χ4n) is 1.74. The van der Waals surface area contributed by atoms with Crippen LogP contribution in [0, 0.1) is 6.92 Å². The SMILES string of the molecule is Cc1cc(C(=O)NCc2cccc(/C(N)=N/O)c2)sc1Br. The van der Waals surface area contributed by atoms with E-state index in [2.05, 4.69) is 26.4 Å². The third-order valence-electron chi connectivity index (χ3n) is 2.86. The maximum absolute atomic E-state index is 12.0. The van der Waals surface area contributed by atoms with E-state index in [1.54, 1.807) is 18.2 Å². The monoisotopic (exact) mass is 367 g/mol. The van der Waals surface area contributed by atoms with Gasteiger partial charge in [0.25, 0.3) is 5.91 Å². The van der Waals surface area contributed by atoms with Gasteiger partial charge in [0.05, 0.1) is 8.66 Å². The van der Waals surface area contributed by atoms with Gasteiger partial charge in [-0.1, -0.05) is 23.4 Å². The number of benzene rings is 1. The van der Waals surface area contributed by atoms with E-state index in [1.165, 1.54) is 11.3 Å². The third-order valence-corrected chi connectivity index (χ3v) is 5.00. The summed E-state index contributed by atoms with van der Waals surface area (Å²) in [6, 6.07) is 9.01. The van der Waals surface area contributed by atoms with Crippen LogP contribution < -0.4 is 11.1 Å². The van der Waals surface area contributed by atoms with Crippen molar-refractivity contribution in [1.82, 2.24) is 5.32 Å². The number of thiophene rings is 1. The van der Waals surface area contributed by atoms with E-state index in [4.69, 9.17) is 10.9 Å². The quantitative estimate of drug-likeness (QED) is 0.336. The number of nitrogens with one attached hydrogen (secondary N) is 1. The van der Waals surface area contributed by atoms with E-state index in [0.29, 0.717) is 17.0 Å². The number of nitrogens with two attached hydrogens (primary N) is 1. The van der Waals surface area contributed by atoms with Crippen LogP contribution in [0.4, 0.5) is 0 Å². The third kappa shape index (κ3) is 3.83. The smallest absolute Gasteiger partial charge is 0.261 e. The molecule has 0 aliphatic rings. The molecular weight excluding hydrogens is 354 g/mol. The van der Waals surface area contributed by atoms with Gasteiger partial charge >= 0.3 is 0 Å². The first-order chi connectivity index (χ1) is 10.0. The van der Waals surface area contributed by atoms with Crippen LogP contribution in [0.25, 0.3) is 0 Å². The van der Waals surface area contributed by atoms with Gasteiger partial charge in [0, 0.05) is 12.1 Å². The molecule has 1 amide bonds. The minimum Gasteiger partial charge on any atom is -0.409 e. The van der Waals surface area contributed by atoms with Gasteiger partial charge in [-0.05, 0) is 46.1 Å². The molecule has 0 aliphatic heterocycles. The van der Waals surface area contributed by atoms with Gasteiger partial charge in [0.2, 0.25) is 0 Å². The number of amides is 1. The van der Waals surface area contributed by atoms with Crippen LogP contribution in [0.2, 0.25) is 0 Å². The first kappa shape index (κ1) is 15.5. The minimum atomic E-state index is -0.122. The lowest BCUT2D eigenvalue weighted by atomic mass is 10.1. The zero-order chi connectivity index (χ0) is 15.4. The largest absolute Gasteiger partial charge is 0.409 e. The number of amidine groups is 1. The summed E-state index contributed by atoms with van der Waals surface area (Å²) in [5, 5.41) is 14.5. The van der Waals surface area contributed by atoms with Crippen LogP contribution in [-0.2, 0) is 6.54 Å². The summed E-state index contributed by atoms with van der Waals surface area (Å²) >= 11 is 4.80. The molecule has 0 spiro atoms. The Hall–Kier alpha value is -1.86. The zero-order valence-corrected chi connectivity index (χ0v) is 13.7. The second-order valence-electron chi connectivity index (χ2n) is 4.44. The first-order valence-corrected chi connectivity index (χ1v) is 7.73. The molecule has 0 fully saturated rings. The van der Waals surface area contributed by atoms with Crippen molar-refractivity contribution < 1.29 is 10.0 Å². The molecule has 110 valence electrons. The molecule has 1 aromatic carbocycles. The van der Waals surface area contributed by atoms with Crippen molar-refractivity contribution in [2.75, 3.05) is 0 Å². The van der Waals surface area contributed by atoms with Crippen molar-refractivity contribution in [3.8, 4) is 0 Å². The van der Waals surface area contributed by atoms with Crippen LogP contribution in [0.5, 0.6) is 0 Å². The second kappa shape index (κ2) is 6.73. The summed E-state index contributed by atoms with van der Waals surface area (Å²) in [5.74, 6) is -0.0796. The van der Waals surface area contributed by atoms with E-state index in [9.17, 15) is 4.79 Å².